The number of nitrogens with zero attached hydrogens (tertiary/aromatic N) is 4. The Labute approximate surface area is 169 Å². The highest BCUT2D eigenvalue weighted by Crippen LogP contribution is 2.38. The van der Waals surface area contributed by atoms with E-state index >= 15 is 0 Å². The maximum Gasteiger partial charge on any atom is 0.139 e. The van der Waals surface area contributed by atoms with Crippen molar-refractivity contribution >= 4 is 16.7 Å². The number of nitrogens with one attached hydrogen (secondary N) is 2. The van der Waals surface area contributed by atoms with Gasteiger partial charge in [-0.15, -0.1) is 0 Å². The molecule has 1 aliphatic rings. The molecule has 4 heterocycles. The highest BCUT2D eigenvalue weighted by molar-refractivity contribution is 5.99. The molecular formula is C23H22N6. The summed E-state index contributed by atoms with van der Waals surface area (Å²) in [6, 6.07) is 15.1. The van der Waals surface area contributed by atoms with Crippen LogP contribution in [0.5, 0.6) is 0 Å². The van der Waals surface area contributed by atoms with E-state index in [1.807, 2.05) is 25.4 Å². The van der Waals surface area contributed by atoms with Gasteiger partial charge in [-0.3, -0.25) is 5.10 Å². The molecule has 0 bridgehead atoms. The van der Waals surface area contributed by atoms with E-state index in [4.69, 9.17) is 0 Å². The standard InChI is InChI=1S/C23H22N6/c1-15-12-21(28-27-15)18-4-2-17(3-5-18)20-14-26-23-19(6-9-25-23)22(20)29-10-7-16(13-24)8-11-29/h2-6,9,12,14,16H,7-8,10-11H2,1H3,(H,25,26)(H,27,28). The van der Waals surface area contributed by atoms with Crippen molar-refractivity contribution < 1.29 is 0 Å². The lowest BCUT2D eigenvalue weighted by Crippen LogP contribution is -2.33. The first-order valence-electron chi connectivity index (χ1n) is 9.96. The predicted octanol–water partition coefficient (Wildman–Crippen LogP) is 4.67. The Bertz CT molecular complexity index is 1190. The molecule has 29 heavy (non-hydrogen) atoms. The number of aromatic nitrogens is 4. The Morgan fingerprint density at radius 1 is 1.10 bits per heavy atom. The number of rotatable bonds is 3. The summed E-state index contributed by atoms with van der Waals surface area (Å²) >= 11 is 0. The minimum Gasteiger partial charge on any atom is -0.370 e. The number of aromatic amines is 2. The number of piperidine rings is 1. The Morgan fingerprint density at radius 3 is 2.55 bits per heavy atom. The molecule has 0 saturated carbocycles. The van der Waals surface area contributed by atoms with Gasteiger partial charge >= 0.3 is 0 Å². The molecule has 2 N–H and O–H groups in total. The second kappa shape index (κ2) is 7.10. The van der Waals surface area contributed by atoms with E-state index in [1.165, 1.54) is 5.69 Å². The Balaban J connectivity index is 1.55. The highest BCUT2D eigenvalue weighted by atomic mass is 15.1. The summed E-state index contributed by atoms with van der Waals surface area (Å²) in [6.07, 6.45) is 5.71. The monoisotopic (exact) mass is 382 g/mol. The molecule has 1 aliphatic heterocycles. The molecular weight excluding hydrogens is 360 g/mol. The fourth-order valence-corrected chi connectivity index (χ4v) is 4.16. The highest BCUT2D eigenvalue weighted by Gasteiger charge is 2.23. The van der Waals surface area contributed by atoms with E-state index in [9.17, 15) is 5.26 Å². The van der Waals surface area contributed by atoms with E-state index in [-0.39, 0.29) is 5.92 Å². The molecule has 6 nitrogen and oxygen atoms in total. The van der Waals surface area contributed by atoms with E-state index in [1.54, 1.807) is 0 Å². The SMILES string of the molecule is Cc1cc(-c2ccc(-c3cnc4[nH]ccc4c3N3CCC(C#N)CC3)cc2)n[nH]1. The van der Waals surface area contributed by atoms with Crippen molar-refractivity contribution in [3.8, 4) is 28.5 Å². The van der Waals surface area contributed by atoms with Crippen LogP contribution in [0.15, 0.2) is 48.8 Å². The Kier molecular flexibility index (Phi) is 4.28. The largest absolute Gasteiger partial charge is 0.370 e. The van der Waals surface area contributed by atoms with Crippen molar-refractivity contribution in [3.63, 3.8) is 0 Å². The van der Waals surface area contributed by atoms with Crippen LogP contribution < -0.4 is 4.90 Å². The van der Waals surface area contributed by atoms with Gasteiger partial charge in [0.2, 0.25) is 0 Å². The average Bonchev–Trinajstić information content (AvgIpc) is 3.42. The molecule has 0 spiro atoms. The van der Waals surface area contributed by atoms with Crippen molar-refractivity contribution in [1.82, 2.24) is 20.2 Å². The lowest BCUT2D eigenvalue weighted by atomic mass is 9.95. The normalized spacial score (nSPS) is 15.0. The summed E-state index contributed by atoms with van der Waals surface area (Å²) in [5.41, 5.74) is 7.45. The van der Waals surface area contributed by atoms with Gasteiger partial charge in [-0.25, -0.2) is 4.98 Å². The number of aryl methyl sites for hydroxylation is 1. The third kappa shape index (κ3) is 3.15. The van der Waals surface area contributed by atoms with Crippen molar-refractivity contribution in [2.24, 2.45) is 5.92 Å². The Hall–Kier alpha value is -3.59. The van der Waals surface area contributed by atoms with Crippen molar-refractivity contribution in [3.05, 3.63) is 54.5 Å². The van der Waals surface area contributed by atoms with Gasteiger partial charge in [0.25, 0.3) is 0 Å². The van der Waals surface area contributed by atoms with Gasteiger partial charge in [-0.05, 0) is 37.5 Å². The van der Waals surface area contributed by atoms with Crippen LogP contribution in [0.4, 0.5) is 5.69 Å². The van der Waals surface area contributed by atoms with Crippen LogP contribution in [-0.4, -0.2) is 33.3 Å². The fourth-order valence-electron chi connectivity index (χ4n) is 4.16. The number of pyridine rings is 1. The summed E-state index contributed by atoms with van der Waals surface area (Å²) in [5, 5.41) is 17.7. The quantitative estimate of drug-likeness (QED) is 0.539. The van der Waals surface area contributed by atoms with Crippen LogP contribution in [0.2, 0.25) is 0 Å². The number of anilines is 1. The maximum atomic E-state index is 9.25. The average molecular weight is 382 g/mol. The van der Waals surface area contributed by atoms with E-state index < -0.39 is 0 Å². The molecule has 1 saturated heterocycles. The minimum atomic E-state index is 0.162. The molecule has 0 atom stereocenters. The van der Waals surface area contributed by atoms with Gasteiger partial charge in [-0.1, -0.05) is 24.3 Å². The van der Waals surface area contributed by atoms with E-state index in [2.05, 4.69) is 61.5 Å². The molecule has 4 aromatic rings. The van der Waals surface area contributed by atoms with Crippen LogP contribution in [0, 0.1) is 24.2 Å². The van der Waals surface area contributed by atoms with Gasteiger partial charge in [0.1, 0.15) is 5.65 Å². The number of hydrogen-bond donors (Lipinski definition) is 2. The zero-order valence-corrected chi connectivity index (χ0v) is 16.3. The van der Waals surface area contributed by atoms with Gasteiger partial charge < -0.3 is 9.88 Å². The third-order valence-electron chi connectivity index (χ3n) is 5.75. The van der Waals surface area contributed by atoms with Gasteiger partial charge in [-0.2, -0.15) is 10.4 Å². The predicted molar refractivity (Wildman–Crippen MR) is 114 cm³/mol. The van der Waals surface area contributed by atoms with Crippen LogP contribution in [0.25, 0.3) is 33.4 Å². The summed E-state index contributed by atoms with van der Waals surface area (Å²) in [6.45, 7) is 3.78. The van der Waals surface area contributed by atoms with Crippen LogP contribution >= 0.6 is 0 Å². The second-order valence-corrected chi connectivity index (χ2v) is 7.66. The molecule has 0 amide bonds. The number of benzene rings is 1. The molecule has 3 aromatic heterocycles. The van der Waals surface area contributed by atoms with Crippen molar-refractivity contribution in [1.29, 1.82) is 5.26 Å². The molecule has 1 fully saturated rings. The first kappa shape index (κ1) is 17.5. The first-order valence-corrected chi connectivity index (χ1v) is 9.96. The number of nitriles is 1. The van der Waals surface area contributed by atoms with Gasteiger partial charge in [0, 0.05) is 53.6 Å². The van der Waals surface area contributed by atoms with Crippen molar-refractivity contribution in [2.45, 2.75) is 19.8 Å². The molecule has 1 aromatic carbocycles. The van der Waals surface area contributed by atoms with E-state index in [0.29, 0.717) is 0 Å². The fraction of sp³-hybridized carbons (Fsp3) is 0.261. The lowest BCUT2D eigenvalue weighted by molar-refractivity contribution is 0.488. The zero-order valence-electron chi connectivity index (χ0n) is 16.3. The lowest BCUT2D eigenvalue weighted by Gasteiger charge is -2.33. The van der Waals surface area contributed by atoms with Crippen LogP contribution in [0.1, 0.15) is 18.5 Å². The first-order chi connectivity index (χ1) is 14.2. The number of H-pyrrole nitrogens is 2. The van der Waals surface area contributed by atoms with Crippen LogP contribution in [0.3, 0.4) is 0 Å². The van der Waals surface area contributed by atoms with Gasteiger partial charge in [0.15, 0.2) is 0 Å². The number of hydrogen-bond acceptors (Lipinski definition) is 4. The van der Waals surface area contributed by atoms with Gasteiger partial charge in [0.05, 0.1) is 17.5 Å². The maximum absolute atomic E-state index is 9.25. The molecule has 5 rings (SSSR count). The summed E-state index contributed by atoms with van der Waals surface area (Å²) < 4.78 is 0. The van der Waals surface area contributed by atoms with E-state index in [0.717, 1.165) is 65.0 Å². The topological polar surface area (TPSA) is 84.4 Å². The number of fused-ring (bicyclic) bond motifs is 1. The Morgan fingerprint density at radius 2 is 1.86 bits per heavy atom. The zero-order chi connectivity index (χ0) is 19.8. The summed E-state index contributed by atoms with van der Waals surface area (Å²) in [7, 11) is 0. The third-order valence-corrected chi connectivity index (χ3v) is 5.75. The molecule has 0 aliphatic carbocycles. The van der Waals surface area contributed by atoms with Crippen LogP contribution in [-0.2, 0) is 0 Å². The second-order valence-electron chi connectivity index (χ2n) is 7.66. The van der Waals surface area contributed by atoms with Crippen molar-refractivity contribution in [2.75, 3.05) is 18.0 Å². The minimum absolute atomic E-state index is 0.162. The summed E-state index contributed by atoms with van der Waals surface area (Å²) in [5.74, 6) is 0.162. The molecule has 0 radical (unpaired) electrons. The summed E-state index contributed by atoms with van der Waals surface area (Å²) in [4.78, 5) is 10.3. The smallest absolute Gasteiger partial charge is 0.139 e. The molecule has 6 heteroatoms. The molecule has 0 unspecified atom stereocenters. The molecule has 144 valence electrons.